The highest BCUT2D eigenvalue weighted by atomic mass is 19.1. The van der Waals surface area contributed by atoms with Gasteiger partial charge in [-0.15, -0.1) is 0 Å². The third-order valence-corrected chi connectivity index (χ3v) is 4.82. The molecule has 3 N–H and O–H groups in total. The quantitative estimate of drug-likeness (QED) is 0.345. The topological polar surface area (TPSA) is 78.0 Å². The minimum absolute atomic E-state index is 0.140. The molecule has 0 atom stereocenters. The summed E-state index contributed by atoms with van der Waals surface area (Å²) in [6.07, 6.45) is 3.27. The first-order chi connectivity index (χ1) is 15.5. The van der Waals surface area contributed by atoms with Crippen LogP contribution in [-0.4, -0.2) is 14.5 Å². The zero-order valence-electron chi connectivity index (χ0n) is 16.7. The Hall–Kier alpha value is -4.46. The fraction of sp³-hybridized carbons (Fsp3) is 0. The lowest BCUT2D eigenvalue weighted by molar-refractivity contribution is 0.463. The van der Waals surface area contributed by atoms with Gasteiger partial charge in [0, 0.05) is 41.3 Å². The highest BCUT2D eigenvalue weighted by Crippen LogP contribution is 2.29. The largest absolute Gasteiger partial charge is 0.439 e. The first-order valence-electron chi connectivity index (χ1n) is 9.75. The van der Waals surface area contributed by atoms with Crippen LogP contribution in [0.4, 0.5) is 26.1 Å². The van der Waals surface area contributed by atoms with E-state index in [4.69, 9.17) is 10.5 Å². The molecule has 0 bridgehead atoms. The molecule has 0 spiro atoms. The molecule has 0 unspecified atom stereocenters. The molecular formula is C24H17F2N5O. The predicted octanol–water partition coefficient (Wildman–Crippen LogP) is 5.82. The average molecular weight is 429 g/mol. The van der Waals surface area contributed by atoms with Crippen LogP contribution < -0.4 is 15.8 Å². The van der Waals surface area contributed by atoms with E-state index in [9.17, 15) is 8.78 Å². The van der Waals surface area contributed by atoms with Crippen LogP contribution in [0.1, 0.15) is 0 Å². The minimum Gasteiger partial charge on any atom is -0.439 e. The van der Waals surface area contributed by atoms with E-state index in [2.05, 4.69) is 15.3 Å². The molecule has 2 aromatic heterocycles. The van der Waals surface area contributed by atoms with E-state index in [1.54, 1.807) is 59.4 Å². The van der Waals surface area contributed by atoms with Crippen LogP contribution in [0.2, 0.25) is 0 Å². The molecule has 0 saturated carbocycles. The number of ether oxygens (including phenoxy) is 1. The van der Waals surface area contributed by atoms with Gasteiger partial charge in [-0.05, 0) is 54.6 Å². The van der Waals surface area contributed by atoms with E-state index < -0.39 is 11.6 Å². The van der Waals surface area contributed by atoms with Crippen molar-refractivity contribution in [2.24, 2.45) is 0 Å². The molecule has 8 heteroatoms. The number of nitrogen functional groups attached to an aromatic ring is 1. The van der Waals surface area contributed by atoms with Gasteiger partial charge >= 0.3 is 0 Å². The van der Waals surface area contributed by atoms with Gasteiger partial charge < -0.3 is 20.4 Å². The lowest BCUT2D eigenvalue weighted by Crippen LogP contribution is -1.99. The second-order valence-electron chi connectivity index (χ2n) is 7.07. The number of rotatable bonds is 5. The van der Waals surface area contributed by atoms with E-state index in [0.717, 1.165) is 29.3 Å². The fourth-order valence-corrected chi connectivity index (χ4v) is 3.39. The zero-order valence-corrected chi connectivity index (χ0v) is 16.7. The van der Waals surface area contributed by atoms with Crippen molar-refractivity contribution in [2.75, 3.05) is 11.1 Å². The second-order valence-corrected chi connectivity index (χ2v) is 7.07. The molecule has 0 radical (unpaired) electrons. The van der Waals surface area contributed by atoms with Crippen LogP contribution in [0.3, 0.4) is 0 Å². The first kappa shape index (κ1) is 19.5. The van der Waals surface area contributed by atoms with Crippen LogP contribution >= 0.6 is 0 Å². The van der Waals surface area contributed by atoms with Crippen LogP contribution in [0.25, 0.3) is 16.6 Å². The van der Waals surface area contributed by atoms with Crippen molar-refractivity contribution in [3.8, 4) is 17.3 Å². The lowest BCUT2D eigenvalue weighted by atomic mass is 10.2. The number of hydrogen-bond acceptors (Lipinski definition) is 5. The van der Waals surface area contributed by atoms with Crippen molar-refractivity contribution in [3.05, 3.63) is 96.8 Å². The van der Waals surface area contributed by atoms with Crippen molar-refractivity contribution in [1.82, 2.24) is 14.5 Å². The Balaban J connectivity index is 1.40. The summed E-state index contributed by atoms with van der Waals surface area (Å²) in [5, 5.41) is 3.88. The summed E-state index contributed by atoms with van der Waals surface area (Å²) >= 11 is 0. The number of hydrogen-bond donors (Lipinski definition) is 2. The molecule has 0 aliphatic heterocycles. The zero-order chi connectivity index (χ0) is 22.1. The lowest BCUT2D eigenvalue weighted by Gasteiger charge is -2.09. The summed E-state index contributed by atoms with van der Waals surface area (Å²) in [6.45, 7) is 0. The number of nitrogens with two attached hydrogens (primary N) is 1. The molecular weight excluding hydrogens is 412 g/mol. The summed E-state index contributed by atoms with van der Waals surface area (Å²) in [5.74, 6) is 0.242. The van der Waals surface area contributed by atoms with Gasteiger partial charge in [0.2, 0.25) is 11.8 Å². The number of anilines is 3. The molecule has 3 aromatic carbocycles. The van der Waals surface area contributed by atoms with Gasteiger partial charge in [0.25, 0.3) is 0 Å². The number of nitrogens with one attached hydrogen (secondary N) is 1. The number of aromatic nitrogens is 3. The standard InChI is InChI=1S/C24H17F2N5O/c25-16-4-6-20(26)22(13-16)31-11-9-15-12-19(5-7-21(15)31)32-23-8-10-28-24(30-23)29-18-3-1-2-17(27)14-18/h1-14H,27H2,(H,28,29,30). The predicted molar refractivity (Wildman–Crippen MR) is 119 cm³/mol. The van der Waals surface area contributed by atoms with Crippen molar-refractivity contribution >= 4 is 28.2 Å². The van der Waals surface area contributed by atoms with Crippen molar-refractivity contribution in [2.45, 2.75) is 0 Å². The van der Waals surface area contributed by atoms with Gasteiger partial charge in [-0.2, -0.15) is 4.98 Å². The molecule has 2 heterocycles. The Bertz CT molecular complexity index is 1430. The van der Waals surface area contributed by atoms with Crippen LogP contribution in [-0.2, 0) is 0 Å². The Morgan fingerprint density at radius 1 is 0.938 bits per heavy atom. The maximum Gasteiger partial charge on any atom is 0.230 e. The SMILES string of the molecule is Nc1cccc(Nc2nccc(Oc3ccc4c(ccn4-c4cc(F)ccc4F)c3)n2)c1. The van der Waals surface area contributed by atoms with Gasteiger partial charge in [-0.3, -0.25) is 0 Å². The summed E-state index contributed by atoms with van der Waals surface area (Å²) in [6, 6.07) is 19.4. The molecule has 0 aliphatic carbocycles. The third-order valence-electron chi connectivity index (χ3n) is 4.82. The molecule has 0 amide bonds. The molecule has 5 rings (SSSR count). The Labute approximate surface area is 181 Å². The van der Waals surface area contributed by atoms with E-state index in [1.807, 2.05) is 12.1 Å². The molecule has 6 nitrogen and oxygen atoms in total. The summed E-state index contributed by atoms with van der Waals surface area (Å²) in [5.41, 5.74) is 8.04. The molecule has 32 heavy (non-hydrogen) atoms. The van der Waals surface area contributed by atoms with E-state index in [1.165, 1.54) is 0 Å². The molecule has 0 fully saturated rings. The van der Waals surface area contributed by atoms with Crippen LogP contribution in [0.15, 0.2) is 85.2 Å². The molecule has 5 aromatic rings. The van der Waals surface area contributed by atoms with Gasteiger partial charge in [-0.1, -0.05) is 6.07 Å². The van der Waals surface area contributed by atoms with Gasteiger partial charge in [0.15, 0.2) is 0 Å². The molecule has 0 saturated heterocycles. The van der Waals surface area contributed by atoms with Gasteiger partial charge in [0.05, 0.1) is 11.2 Å². The minimum atomic E-state index is -0.509. The smallest absolute Gasteiger partial charge is 0.230 e. The number of benzene rings is 3. The summed E-state index contributed by atoms with van der Waals surface area (Å²) in [7, 11) is 0. The average Bonchev–Trinajstić information content (AvgIpc) is 3.19. The van der Waals surface area contributed by atoms with E-state index in [-0.39, 0.29) is 5.69 Å². The highest BCUT2D eigenvalue weighted by Gasteiger charge is 2.11. The Morgan fingerprint density at radius 2 is 1.84 bits per heavy atom. The van der Waals surface area contributed by atoms with Crippen LogP contribution in [0, 0.1) is 11.6 Å². The third kappa shape index (κ3) is 3.93. The number of fused-ring (bicyclic) bond motifs is 1. The maximum absolute atomic E-state index is 14.2. The highest BCUT2D eigenvalue weighted by molar-refractivity contribution is 5.83. The van der Waals surface area contributed by atoms with Gasteiger partial charge in [0.1, 0.15) is 17.4 Å². The molecule has 0 aliphatic rings. The Morgan fingerprint density at radius 3 is 2.72 bits per heavy atom. The van der Waals surface area contributed by atoms with Crippen LogP contribution in [0.5, 0.6) is 11.6 Å². The Kier molecular flexibility index (Phi) is 4.87. The number of nitrogens with zero attached hydrogens (tertiary/aromatic N) is 3. The second kappa shape index (κ2) is 7.99. The van der Waals surface area contributed by atoms with E-state index in [0.29, 0.717) is 28.8 Å². The van der Waals surface area contributed by atoms with Crippen molar-refractivity contribution in [3.63, 3.8) is 0 Å². The maximum atomic E-state index is 14.2. The normalized spacial score (nSPS) is 10.9. The van der Waals surface area contributed by atoms with Gasteiger partial charge in [-0.25, -0.2) is 13.8 Å². The first-order valence-corrected chi connectivity index (χ1v) is 9.75. The fourth-order valence-electron chi connectivity index (χ4n) is 3.39. The number of halogens is 2. The van der Waals surface area contributed by atoms with Crippen molar-refractivity contribution < 1.29 is 13.5 Å². The summed E-state index contributed by atoms with van der Waals surface area (Å²) in [4.78, 5) is 8.56. The molecule has 158 valence electrons. The van der Waals surface area contributed by atoms with E-state index >= 15 is 0 Å². The monoisotopic (exact) mass is 429 g/mol. The van der Waals surface area contributed by atoms with Crippen molar-refractivity contribution in [1.29, 1.82) is 0 Å². The summed E-state index contributed by atoms with van der Waals surface area (Å²) < 4.78 is 35.3.